The predicted octanol–water partition coefficient (Wildman–Crippen LogP) is 3.36. The molecule has 2 rings (SSSR count). The Labute approximate surface area is 124 Å². The van der Waals surface area contributed by atoms with E-state index < -0.39 is 0 Å². The highest BCUT2D eigenvalue weighted by molar-refractivity contribution is 6.05. The van der Waals surface area contributed by atoms with Crippen molar-refractivity contribution in [3.05, 3.63) is 59.2 Å². The number of anilines is 2. The zero-order valence-corrected chi connectivity index (χ0v) is 12.1. The summed E-state index contributed by atoms with van der Waals surface area (Å²) in [6.45, 7) is 1.91. The van der Waals surface area contributed by atoms with Crippen LogP contribution in [0.3, 0.4) is 0 Å². The molecule has 0 aliphatic carbocycles. The lowest BCUT2D eigenvalue weighted by Gasteiger charge is -2.09. The zero-order chi connectivity index (χ0) is 15.2. The van der Waals surface area contributed by atoms with Gasteiger partial charge in [0.25, 0.3) is 5.91 Å². The quantitative estimate of drug-likeness (QED) is 0.902. The summed E-state index contributed by atoms with van der Waals surface area (Å²) in [5.74, 6) is -0.136. The van der Waals surface area contributed by atoms with Gasteiger partial charge in [-0.3, -0.25) is 4.79 Å². The highest BCUT2D eigenvalue weighted by atomic mass is 16.1. The second-order valence-corrected chi connectivity index (χ2v) is 4.77. The Morgan fingerprint density at radius 1 is 1.14 bits per heavy atom. The van der Waals surface area contributed by atoms with Crippen molar-refractivity contribution in [2.75, 3.05) is 17.7 Å². The van der Waals surface area contributed by atoms with Gasteiger partial charge in [-0.25, -0.2) is 0 Å². The van der Waals surface area contributed by atoms with E-state index in [1.54, 1.807) is 6.07 Å². The molecule has 0 aliphatic rings. The van der Waals surface area contributed by atoms with E-state index in [0.717, 1.165) is 22.5 Å². The summed E-state index contributed by atoms with van der Waals surface area (Å²) in [6, 6.07) is 15.0. The molecule has 0 saturated heterocycles. The summed E-state index contributed by atoms with van der Waals surface area (Å²) in [5.41, 5.74) is 4.20. The molecule has 0 aromatic heterocycles. The first-order chi connectivity index (χ1) is 10.1. The maximum atomic E-state index is 12.3. The average molecular weight is 279 g/mol. The topological polar surface area (TPSA) is 64.9 Å². The highest BCUT2D eigenvalue weighted by Crippen LogP contribution is 2.17. The Kier molecular flexibility index (Phi) is 4.57. The fourth-order valence-corrected chi connectivity index (χ4v) is 2.07. The number of benzene rings is 2. The lowest BCUT2D eigenvalue weighted by molar-refractivity contribution is 0.102. The van der Waals surface area contributed by atoms with E-state index in [1.165, 1.54) is 0 Å². The monoisotopic (exact) mass is 279 g/mol. The van der Waals surface area contributed by atoms with Crippen LogP contribution in [-0.2, 0) is 6.42 Å². The number of rotatable bonds is 4. The molecule has 0 heterocycles. The van der Waals surface area contributed by atoms with Gasteiger partial charge in [-0.1, -0.05) is 12.1 Å². The third-order valence-electron chi connectivity index (χ3n) is 3.25. The Morgan fingerprint density at radius 3 is 2.38 bits per heavy atom. The van der Waals surface area contributed by atoms with E-state index in [4.69, 9.17) is 5.26 Å². The summed E-state index contributed by atoms with van der Waals surface area (Å²) >= 11 is 0. The molecule has 2 aromatic rings. The van der Waals surface area contributed by atoms with Crippen LogP contribution in [0.25, 0.3) is 0 Å². The van der Waals surface area contributed by atoms with Gasteiger partial charge in [0.15, 0.2) is 0 Å². The van der Waals surface area contributed by atoms with Gasteiger partial charge < -0.3 is 10.6 Å². The molecule has 4 heteroatoms. The van der Waals surface area contributed by atoms with Crippen molar-refractivity contribution in [1.82, 2.24) is 0 Å². The van der Waals surface area contributed by atoms with E-state index in [2.05, 4.69) is 16.7 Å². The van der Waals surface area contributed by atoms with E-state index >= 15 is 0 Å². The van der Waals surface area contributed by atoms with Gasteiger partial charge in [-0.05, 0) is 48.4 Å². The summed E-state index contributed by atoms with van der Waals surface area (Å²) in [5, 5.41) is 14.5. The first kappa shape index (κ1) is 14.6. The third kappa shape index (κ3) is 3.61. The molecule has 0 unspecified atom stereocenters. The summed E-state index contributed by atoms with van der Waals surface area (Å²) < 4.78 is 0. The molecule has 0 radical (unpaired) electrons. The number of nitrogens with zero attached hydrogens (tertiary/aromatic N) is 1. The van der Waals surface area contributed by atoms with Crippen molar-refractivity contribution < 1.29 is 4.79 Å². The molecular formula is C17H17N3O. The molecule has 0 saturated carbocycles. The maximum absolute atomic E-state index is 12.3. The van der Waals surface area contributed by atoms with Crippen molar-refractivity contribution in [1.29, 1.82) is 5.26 Å². The SMILES string of the molecule is CNc1ccc(C(=O)Nc2ccc(CC#N)cc2)c(C)c1. The summed E-state index contributed by atoms with van der Waals surface area (Å²) in [6.07, 6.45) is 0.374. The van der Waals surface area contributed by atoms with Gasteiger partial charge in [0, 0.05) is 24.0 Å². The number of amides is 1. The number of nitrogens with one attached hydrogen (secondary N) is 2. The first-order valence-electron chi connectivity index (χ1n) is 6.69. The molecule has 106 valence electrons. The van der Waals surface area contributed by atoms with Crippen molar-refractivity contribution in [3.63, 3.8) is 0 Å². The van der Waals surface area contributed by atoms with Crippen LogP contribution < -0.4 is 10.6 Å². The van der Waals surface area contributed by atoms with Crippen molar-refractivity contribution in [3.8, 4) is 6.07 Å². The van der Waals surface area contributed by atoms with Crippen LogP contribution in [0.4, 0.5) is 11.4 Å². The van der Waals surface area contributed by atoms with Crippen LogP contribution in [0, 0.1) is 18.3 Å². The van der Waals surface area contributed by atoms with Gasteiger partial charge in [0.1, 0.15) is 0 Å². The smallest absolute Gasteiger partial charge is 0.255 e. The summed E-state index contributed by atoms with van der Waals surface area (Å²) in [4.78, 5) is 12.3. The number of carbonyl (C=O) groups is 1. The lowest BCUT2D eigenvalue weighted by Crippen LogP contribution is -2.13. The van der Waals surface area contributed by atoms with Crippen LogP contribution in [0.15, 0.2) is 42.5 Å². The minimum Gasteiger partial charge on any atom is -0.388 e. The molecule has 2 N–H and O–H groups in total. The minimum atomic E-state index is -0.136. The van der Waals surface area contributed by atoms with Crippen LogP contribution in [0.1, 0.15) is 21.5 Å². The Hall–Kier alpha value is -2.80. The Morgan fingerprint density at radius 2 is 1.81 bits per heavy atom. The number of hydrogen-bond donors (Lipinski definition) is 2. The van der Waals surface area contributed by atoms with E-state index in [0.29, 0.717) is 12.0 Å². The average Bonchev–Trinajstić information content (AvgIpc) is 2.49. The zero-order valence-electron chi connectivity index (χ0n) is 12.1. The van der Waals surface area contributed by atoms with Crippen molar-refractivity contribution >= 4 is 17.3 Å². The van der Waals surface area contributed by atoms with E-state index in [9.17, 15) is 4.79 Å². The molecule has 0 aliphatic heterocycles. The van der Waals surface area contributed by atoms with Crippen LogP contribution in [0.2, 0.25) is 0 Å². The van der Waals surface area contributed by atoms with Crippen LogP contribution in [0.5, 0.6) is 0 Å². The van der Waals surface area contributed by atoms with Gasteiger partial charge in [-0.2, -0.15) is 5.26 Å². The molecular weight excluding hydrogens is 262 g/mol. The fraction of sp³-hybridized carbons (Fsp3) is 0.176. The first-order valence-corrected chi connectivity index (χ1v) is 6.69. The molecule has 0 bridgehead atoms. The van der Waals surface area contributed by atoms with Crippen LogP contribution in [-0.4, -0.2) is 13.0 Å². The number of carbonyl (C=O) groups excluding carboxylic acids is 1. The van der Waals surface area contributed by atoms with Crippen molar-refractivity contribution in [2.24, 2.45) is 0 Å². The van der Waals surface area contributed by atoms with Gasteiger partial charge in [0.05, 0.1) is 12.5 Å². The van der Waals surface area contributed by atoms with Gasteiger partial charge in [-0.15, -0.1) is 0 Å². The minimum absolute atomic E-state index is 0.136. The summed E-state index contributed by atoms with van der Waals surface area (Å²) in [7, 11) is 1.84. The normalized spacial score (nSPS) is 9.76. The van der Waals surface area contributed by atoms with E-state index in [1.807, 2.05) is 50.4 Å². The third-order valence-corrected chi connectivity index (χ3v) is 3.25. The molecule has 0 spiro atoms. The van der Waals surface area contributed by atoms with Gasteiger partial charge >= 0.3 is 0 Å². The largest absolute Gasteiger partial charge is 0.388 e. The standard InChI is InChI=1S/C17H17N3O/c1-12-11-15(19-2)7-8-16(12)17(21)20-14-5-3-13(4-6-14)9-10-18/h3-8,11,19H,9H2,1-2H3,(H,20,21). The molecule has 0 fully saturated rings. The highest BCUT2D eigenvalue weighted by Gasteiger charge is 2.09. The van der Waals surface area contributed by atoms with Crippen molar-refractivity contribution in [2.45, 2.75) is 13.3 Å². The molecule has 4 nitrogen and oxygen atoms in total. The Bertz CT molecular complexity index is 684. The maximum Gasteiger partial charge on any atom is 0.255 e. The number of hydrogen-bond acceptors (Lipinski definition) is 3. The van der Waals surface area contributed by atoms with Crippen LogP contribution >= 0.6 is 0 Å². The lowest BCUT2D eigenvalue weighted by atomic mass is 10.1. The van der Waals surface area contributed by atoms with E-state index in [-0.39, 0.29) is 5.91 Å². The fourth-order valence-electron chi connectivity index (χ4n) is 2.07. The number of nitriles is 1. The molecule has 21 heavy (non-hydrogen) atoms. The molecule has 1 amide bonds. The van der Waals surface area contributed by atoms with Gasteiger partial charge in [0.2, 0.25) is 0 Å². The number of aryl methyl sites for hydroxylation is 1. The second kappa shape index (κ2) is 6.58. The second-order valence-electron chi connectivity index (χ2n) is 4.77. The Balaban J connectivity index is 2.12. The molecule has 2 aromatic carbocycles. The molecule has 0 atom stereocenters. The predicted molar refractivity (Wildman–Crippen MR) is 84.4 cm³/mol.